The van der Waals surface area contributed by atoms with Gasteiger partial charge in [0.1, 0.15) is 0 Å². The lowest BCUT2D eigenvalue weighted by Crippen LogP contribution is -2.46. The van der Waals surface area contributed by atoms with Gasteiger partial charge in [-0.05, 0) is 56.1 Å². The van der Waals surface area contributed by atoms with Gasteiger partial charge in [0, 0.05) is 42.2 Å². The van der Waals surface area contributed by atoms with E-state index in [9.17, 15) is 24.3 Å². The van der Waals surface area contributed by atoms with Crippen molar-refractivity contribution in [1.82, 2.24) is 4.90 Å². The maximum Gasteiger partial charge on any atom is 0.264 e. The fourth-order valence-electron chi connectivity index (χ4n) is 7.92. The molecule has 5 atom stereocenters. The van der Waals surface area contributed by atoms with E-state index in [1.54, 1.807) is 14.7 Å². The first-order valence-corrected chi connectivity index (χ1v) is 18.2. The van der Waals surface area contributed by atoms with E-state index in [2.05, 4.69) is 0 Å². The number of carbonyl (C=O) groups is 3. The van der Waals surface area contributed by atoms with Crippen molar-refractivity contribution in [2.45, 2.75) is 82.0 Å². The van der Waals surface area contributed by atoms with Gasteiger partial charge in [-0.15, -0.1) is 0 Å². The number of anilines is 2. The second-order valence-electron chi connectivity index (χ2n) is 12.9. The Morgan fingerprint density at radius 3 is 2.48 bits per heavy atom. The zero-order valence-corrected chi connectivity index (χ0v) is 25.7. The molecule has 0 saturated carbocycles. The third-order valence-corrected chi connectivity index (χ3v) is 12.3. The molecule has 3 saturated heterocycles. The summed E-state index contributed by atoms with van der Waals surface area (Å²) < 4.78 is 6.79. The van der Waals surface area contributed by atoms with Crippen LogP contribution in [0, 0.1) is 5.92 Å². The summed E-state index contributed by atoms with van der Waals surface area (Å²) in [6, 6.07) is 15.3. The van der Waals surface area contributed by atoms with E-state index in [0.29, 0.717) is 19.5 Å². The van der Waals surface area contributed by atoms with Gasteiger partial charge in [0.05, 0.1) is 37.4 Å². The van der Waals surface area contributed by atoms with E-state index in [4.69, 9.17) is 4.74 Å². The third kappa shape index (κ3) is 4.69. The number of ether oxygens (including phenoxy) is 1. The molecule has 4 aliphatic heterocycles. The maximum atomic E-state index is 14.5. The number of hydrogen-bond acceptors (Lipinski definition) is 6. The number of rotatable bonds is 7. The molecule has 224 valence electrons. The first-order valence-electron chi connectivity index (χ1n) is 15.2. The van der Waals surface area contributed by atoms with E-state index in [-0.39, 0.29) is 48.3 Å². The van der Waals surface area contributed by atoms with Gasteiger partial charge >= 0.3 is 0 Å². The predicted octanol–water partition coefficient (Wildman–Crippen LogP) is 3.53. The van der Waals surface area contributed by atoms with Crippen molar-refractivity contribution in [3.05, 3.63) is 59.7 Å². The lowest BCUT2D eigenvalue weighted by molar-refractivity contribution is -0.150. The van der Waals surface area contributed by atoms with Crippen LogP contribution in [-0.2, 0) is 31.3 Å². The van der Waals surface area contributed by atoms with Crippen molar-refractivity contribution in [1.29, 1.82) is 0 Å². The molecule has 6 rings (SSSR count). The number of nitrogens with zero attached hydrogens (tertiary/aromatic N) is 3. The van der Waals surface area contributed by atoms with Crippen LogP contribution in [0.1, 0.15) is 50.2 Å². The molecular formula is C32H41N3O6Si. The Balaban J connectivity index is 1.30. The van der Waals surface area contributed by atoms with Crippen LogP contribution in [0.25, 0.3) is 0 Å². The van der Waals surface area contributed by atoms with Gasteiger partial charge in [0.25, 0.3) is 5.91 Å². The Kier molecular flexibility index (Phi) is 7.53. The van der Waals surface area contributed by atoms with E-state index >= 15 is 0 Å². The molecule has 0 aliphatic carbocycles. The normalized spacial score (nSPS) is 29.3. The van der Waals surface area contributed by atoms with Crippen LogP contribution < -0.4 is 9.80 Å². The van der Waals surface area contributed by atoms with Crippen LogP contribution in [0.5, 0.6) is 0 Å². The SMILES string of the molecule is C[C@H]1[C@H]([Si](C)(C)O)[C@@H](CC(=O)N2CCC[C@H]2CO)O[C@]12C(=O)N(Cc1ccc(N3CCCC3=O)cc1)c1ccccc12. The molecular weight excluding hydrogens is 550 g/mol. The largest absolute Gasteiger partial charge is 0.432 e. The molecule has 0 radical (unpaired) electrons. The van der Waals surface area contributed by atoms with E-state index in [1.807, 2.05) is 68.5 Å². The summed E-state index contributed by atoms with van der Waals surface area (Å²) in [6.45, 7) is 7.28. The fraction of sp³-hybridized carbons (Fsp3) is 0.531. The maximum absolute atomic E-state index is 14.5. The lowest BCUT2D eigenvalue weighted by atomic mass is 9.82. The molecule has 4 aliphatic rings. The van der Waals surface area contributed by atoms with Crippen molar-refractivity contribution in [2.24, 2.45) is 5.92 Å². The highest BCUT2D eigenvalue weighted by molar-refractivity contribution is 6.71. The number of carbonyl (C=O) groups excluding carboxylic acids is 3. The molecule has 1 spiro atoms. The molecule has 42 heavy (non-hydrogen) atoms. The summed E-state index contributed by atoms with van der Waals surface area (Å²) in [5.41, 5.74) is 1.70. The third-order valence-electron chi connectivity index (χ3n) is 9.84. The number of para-hydroxylation sites is 1. The molecule has 2 N–H and O–H groups in total. The van der Waals surface area contributed by atoms with Crippen molar-refractivity contribution in [3.63, 3.8) is 0 Å². The highest BCUT2D eigenvalue weighted by Crippen LogP contribution is 2.59. The minimum atomic E-state index is -2.90. The summed E-state index contributed by atoms with van der Waals surface area (Å²) >= 11 is 0. The minimum absolute atomic E-state index is 0.0658. The van der Waals surface area contributed by atoms with Crippen LogP contribution in [0.2, 0.25) is 18.6 Å². The van der Waals surface area contributed by atoms with Gasteiger partial charge in [-0.1, -0.05) is 37.3 Å². The molecule has 2 aromatic rings. The second-order valence-corrected chi connectivity index (χ2v) is 16.8. The average molecular weight is 592 g/mol. The molecule has 3 fully saturated rings. The van der Waals surface area contributed by atoms with Crippen molar-refractivity contribution < 1.29 is 29.0 Å². The number of aliphatic hydroxyl groups is 1. The second kappa shape index (κ2) is 10.9. The van der Waals surface area contributed by atoms with Crippen molar-refractivity contribution in [3.8, 4) is 0 Å². The van der Waals surface area contributed by atoms with Gasteiger partial charge in [0.2, 0.25) is 11.8 Å². The smallest absolute Gasteiger partial charge is 0.264 e. The van der Waals surface area contributed by atoms with E-state index < -0.39 is 20.0 Å². The molecule has 9 nitrogen and oxygen atoms in total. The number of hydrogen-bond donors (Lipinski definition) is 2. The van der Waals surface area contributed by atoms with Gasteiger partial charge in [-0.2, -0.15) is 0 Å². The topological polar surface area (TPSA) is 111 Å². The van der Waals surface area contributed by atoms with E-state index in [1.165, 1.54) is 0 Å². The molecule has 0 bridgehead atoms. The van der Waals surface area contributed by atoms with E-state index in [0.717, 1.165) is 48.3 Å². The zero-order chi connectivity index (χ0) is 29.8. The standard InChI is InChI=1S/C32H41N3O6Si/c1-21-30(42(2,3)40)27(18-29(38)34-16-6-8-24(34)20-36)41-32(21)25-9-4-5-10-26(25)35(31(32)39)19-22-12-14-23(15-13-22)33-17-7-11-28(33)37/h4-5,9-10,12-15,21,24,27,30,36,40H,6-8,11,16-20H2,1-3H3/t21-,24-,27+,30-,32+/m0/s1. The fourth-order valence-corrected chi connectivity index (χ4v) is 10.5. The summed E-state index contributed by atoms with van der Waals surface area (Å²) in [6.07, 6.45) is 2.50. The molecule has 0 aromatic heterocycles. The summed E-state index contributed by atoms with van der Waals surface area (Å²) in [4.78, 5) is 57.0. The van der Waals surface area contributed by atoms with Crippen LogP contribution in [-0.4, -0.2) is 72.7 Å². The first kappa shape index (κ1) is 29.0. The quantitative estimate of drug-likeness (QED) is 0.477. The Hall–Kier alpha value is -3.05. The van der Waals surface area contributed by atoms with Crippen LogP contribution in [0.4, 0.5) is 11.4 Å². The Bertz CT molecular complexity index is 1380. The van der Waals surface area contributed by atoms with Gasteiger partial charge < -0.3 is 29.3 Å². The average Bonchev–Trinajstić information content (AvgIpc) is 3.72. The van der Waals surface area contributed by atoms with Crippen LogP contribution in [0.3, 0.4) is 0 Å². The first-order chi connectivity index (χ1) is 20.1. The molecule has 4 heterocycles. The highest BCUT2D eigenvalue weighted by Gasteiger charge is 2.66. The number of likely N-dealkylation sites (tertiary alicyclic amines) is 1. The number of amides is 3. The van der Waals surface area contributed by atoms with Gasteiger partial charge in [-0.25, -0.2) is 0 Å². The van der Waals surface area contributed by atoms with Crippen molar-refractivity contribution in [2.75, 3.05) is 29.5 Å². The lowest BCUT2D eigenvalue weighted by Gasteiger charge is -2.32. The molecule has 3 amide bonds. The highest BCUT2D eigenvalue weighted by atomic mass is 28.4. The number of fused-ring (bicyclic) bond motifs is 2. The molecule has 10 heteroatoms. The van der Waals surface area contributed by atoms with Gasteiger partial charge in [-0.3, -0.25) is 14.4 Å². The molecule has 2 aromatic carbocycles. The Morgan fingerprint density at radius 2 is 1.81 bits per heavy atom. The van der Waals surface area contributed by atoms with Crippen LogP contribution in [0.15, 0.2) is 48.5 Å². The van der Waals surface area contributed by atoms with Gasteiger partial charge in [0.15, 0.2) is 13.9 Å². The number of aliphatic hydroxyl groups excluding tert-OH is 1. The Morgan fingerprint density at radius 1 is 1.07 bits per heavy atom. The molecule has 0 unspecified atom stereocenters. The summed E-state index contributed by atoms with van der Waals surface area (Å²) in [7, 11) is -2.90. The monoisotopic (exact) mass is 591 g/mol. The summed E-state index contributed by atoms with van der Waals surface area (Å²) in [5, 5.41) is 9.79. The predicted molar refractivity (Wildman–Crippen MR) is 161 cm³/mol. The van der Waals surface area contributed by atoms with Crippen LogP contribution >= 0.6 is 0 Å². The Labute approximate surface area is 248 Å². The zero-order valence-electron chi connectivity index (χ0n) is 24.7. The summed E-state index contributed by atoms with van der Waals surface area (Å²) in [5.74, 6) is -0.495. The minimum Gasteiger partial charge on any atom is -0.432 e. The number of benzene rings is 2. The van der Waals surface area contributed by atoms with Crippen molar-refractivity contribution >= 4 is 37.4 Å².